The van der Waals surface area contributed by atoms with Gasteiger partial charge in [-0.15, -0.1) is 0 Å². The first kappa shape index (κ1) is 25.0. The van der Waals surface area contributed by atoms with Crippen LogP contribution in [0.15, 0.2) is 48.8 Å². The van der Waals surface area contributed by atoms with Crippen molar-refractivity contribution in [3.63, 3.8) is 0 Å². The zero-order valence-electron chi connectivity index (χ0n) is 19.7. The van der Waals surface area contributed by atoms with Crippen molar-refractivity contribution < 1.29 is 33.4 Å². The summed E-state index contributed by atoms with van der Waals surface area (Å²) in [4.78, 5) is 48.2. The third-order valence-corrected chi connectivity index (χ3v) is 5.66. The molecule has 1 aromatic rings. The summed E-state index contributed by atoms with van der Waals surface area (Å²) in [6, 6.07) is 7.31. The second-order valence-corrected chi connectivity index (χ2v) is 9.48. The van der Waals surface area contributed by atoms with Crippen molar-refractivity contribution in [2.45, 2.75) is 50.2 Å². The van der Waals surface area contributed by atoms with Gasteiger partial charge >= 0.3 is 12.1 Å². The highest BCUT2D eigenvalue weighted by atomic mass is 16.6. The number of nitrogens with one attached hydrogen (secondary N) is 3. The van der Waals surface area contributed by atoms with Crippen LogP contribution in [0.25, 0.3) is 0 Å². The Balaban J connectivity index is 1.56. The van der Waals surface area contributed by atoms with Crippen LogP contribution in [0.2, 0.25) is 0 Å². The van der Waals surface area contributed by atoms with E-state index in [9.17, 15) is 19.2 Å². The number of carbonyl (C=O) groups is 4. The highest BCUT2D eigenvalue weighted by molar-refractivity contribution is 6.03. The molecule has 3 aliphatic rings. The van der Waals surface area contributed by atoms with Crippen molar-refractivity contribution in [2.24, 2.45) is 0 Å². The molecule has 0 unspecified atom stereocenters. The molecule has 1 aromatic carbocycles. The van der Waals surface area contributed by atoms with Gasteiger partial charge in [-0.2, -0.15) is 0 Å². The van der Waals surface area contributed by atoms with Crippen molar-refractivity contribution in [2.75, 3.05) is 19.0 Å². The standard InChI is InChI=1S/C24H29N3O7/c1-14(18(28)25-15(2)19(29)32-6)26-20(30)24-11-23(12-24,13-33-24)16-7-9-17(10-8-16)27-21(31)34-22(3,4)5/h7-10H,1-2,11-13H2,3-6H3,(H,25,28)(H,26,30)(H,27,31). The van der Waals surface area contributed by atoms with Crippen LogP contribution in [0.1, 0.15) is 39.2 Å². The SMILES string of the molecule is C=C(NC(=O)C12CC(c3ccc(NC(=O)OC(C)(C)C)cc3)(CO1)C2)C(=O)NC(=C)C(=O)OC. The lowest BCUT2D eigenvalue weighted by Crippen LogP contribution is -2.56. The molecule has 34 heavy (non-hydrogen) atoms. The molecule has 1 aliphatic carbocycles. The van der Waals surface area contributed by atoms with Crippen molar-refractivity contribution in [3.8, 4) is 0 Å². The first-order valence-electron chi connectivity index (χ1n) is 10.6. The van der Waals surface area contributed by atoms with Crippen molar-refractivity contribution in [1.29, 1.82) is 0 Å². The molecular weight excluding hydrogens is 442 g/mol. The fraction of sp³-hybridized carbons (Fsp3) is 0.417. The Morgan fingerprint density at radius 3 is 2.18 bits per heavy atom. The number of esters is 1. The number of fused-ring (bicyclic) bond motifs is 1. The Hall–Kier alpha value is -3.66. The normalized spacial score (nSPS) is 22.6. The van der Waals surface area contributed by atoms with Gasteiger partial charge in [0.2, 0.25) is 0 Å². The molecule has 2 aliphatic heterocycles. The van der Waals surface area contributed by atoms with E-state index in [1.54, 1.807) is 32.9 Å². The van der Waals surface area contributed by atoms with Crippen LogP contribution in [-0.2, 0) is 34.0 Å². The van der Waals surface area contributed by atoms with Gasteiger partial charge in [-0.1, -0.05) is 25.3 Å². The summed E-state index contributed by atoms with van der Waals surface area (Å²) < 4.78 is 15.5. The van der Waals surface area contributed by atoms with E-state index in [1.807, 2.05) is 12.1 Å². The first-order chi connectivity index (χ1) is 15.8. The van der Waals surface area contributed by atoms with Crippen LogP contribution >= 0.6 is 0 Å². The molecule has 1 saturated carbocycles. The van der Waals surface area contributed by atoms with E-state index in [2.05, 4.69) is 33.8 Å². The zero-order chi connectivity index (χ0) is 25.3. The monoisotopic (exact) mass is 471 g/mol. The number of anilines is 1. The van der Waals surface area contributed by atoms with Crippen molar-refractivity contribution in [3.05, 3.63) is 54.4 Å². The van der Waals surface area contributed by atoms with E-state index in [1.165, 1.54) is 0 Å². The Labute approximate surface area is 197 Å². The zero-order valence-corrected chi connectivity index (χ0v) is 19.7. The molecule has 2 bridgehead atoms. The van der Waals surface area contributed by atoms with Crippen LogP contribution in [0.5, 0.6) is 0 Å². The number of ether oxygens (including phenoxy) is 3. The Morgan fingerprint density at radius 2 is 1.62 bits per heavy atom. The maximum Gasteiger partial charge on any atom is 0.412 e. The maximum absolute atomic E-state index is 12.8. The van der Waals surface area contributed by atoms with Gasteiger partial charge in [0.15, 0.2) is 0 Å². The molecule has 4 rings (SSSR count). The second-order valence-electron chi connectivity index (χ2n) is 9.48. The topological polar surface area (TPSA) is 132 Å². The number of benzene rings is 1. The summed E-state index contributed by atoms with van der Waals surface area (Å²) in [7, 11) is 1.15. The Bertz CT molecular complexity index is 1050. The van der Waals surface area contributed by atoms with E-state index >= 15 is 0 Å². The molecule has 0 atom stereocenters. The lowest BCUT2D eigenvalue weighted by molar-refractivity contribution is -0.143. The number of hydrogen-bond donors (Lipinski definition) is 3. The van der Waals surface area contributed by atoms with Gasteiger partial charge in [-0.05, 0) is 51.3 Å². The number of rotatable bonds is 7. The number of hydrogen-bond acceptors (Lipinski definition) is 7. The molecule has 0 aromatic heterocycles. The van der Waals surface area contributed by atoms with Crippen molar-refractivity contribution >= 4 is 29.6 Å². The van der Waals surface area contributed by atoms with Crippen LogP contribution in [0.4, 0.5) is 10.5 Å². The summed E-state index contributed by atoms with van der Waals surface area (Å²) in [5.41, 5.74) is -0.927. The summed E-state index contributed by atoms with van der Waals surface area (Å²) in [6.07, 6.45) is 0.337. The third kappa shape index (κ3) is 5.12. The van der Waals surface area contributed by atoms with Crippen molar-refractivity contribution in [1.82, 2.24) is 10.6 Å². The maximum atomic E-state index is 12.8. The molecule has 2 saturated heterocycles. The summed E-state index contributed by atoms with van der Waals surface area (Å²) >= 11 is 0. The molecule has 10 nitrogen and oxygen atoms in total. The smallest absolute Gasteiger partial charge is 0.412 e. The minimum Gasteiger partial charge on any atom is -0.464 e. The molecule has 0 radical (unpaired) electrons. The number of methoxy groups -OCH3 is 1. The van der Waals surface area contributed by atoms with Gasteiger partial charge in [-0.3, -0.25) is 14.9 Å². The van der Waals surface area contributed by atoms with E-state index in [0.29, 0.717) is 25.1 Å². The molecular formula is C24H29N3O7. The molecule has 3 amide bonds. The summed E-state index contributed by atoms with van der Waals surface area (Å²) in [5, 5.41) is 7.35. The quantitative estimate of drug-likeness (QED) is 0.410. The van der Waals surface area contributed by atoms with Gasteiger partial charge in [0, 0.05) is 11.1 Å². The average Bonchev–Trinajstić information content (AvgIpc) is 3.30. The first-order valence-corrected chi connectivity index (χ1v) is 10.6. The van der Waals surface area contributed by atoms with Crippen LogP contribution in [0.3, 0.4) is 0 Å². The Kier molecular flexibility index (Phi) is 6.57. The fourth-order valence-corrected chi connectivity index (χ4v) is 4.06. The predicted molar refractivity (Wildman–Crippen MR) is 122 cm³/mol. The Morgan fingerprint density at radius 1 is 1.00 bits per heavy atom. The lowest BCUT2D eigenvalue weighted by Gasteiger charge is -2.43. The molecule has 2 heterocycles. The lowest BCUT2D eigenvalue weighted by atomic mass is 9.59. The molecule has 0 spiro atoms. The van der Waals surface area contributed by atoms with E-state index in [-0.39, 0.29) is 16.8 Å². The highest BCUT2D eigenvalue weighted by Gasteiger charge is 2.67. The highest BCUT2D eigenvalue weighted by Crippen LogP contribution is 2.59. The van der Waals surface area contributed by atoms with E-state index in [4.69, 9.17) is 9.47 Å². The minimum absolute atomic E-state index is 0.241. The van der Waals surface area contributed by atoms with E-state index in [0.717, 1.165) is 12.7 Å². The van der Waals surface area contributed by atoms with Gasteiger partial charge in [0.05, 0.1) is 19.4 Å². The molecule has 3 fully saturated rings. The van der Waals surface area contributed by atoms with Gasteiger partial charge < -0.3 is 24.8 Å². The van der Waals surface area contributed by atoms with Gasteiger partial charge in [0.1, 0.15) is 16.9 Å². The molecule has 10 heteroatoms. The van der Waals surface area contributed by atoms with Crippen LogP contribution in [0, 0.1) is 0 Å². The summed E-state index contributed by atoms with van der Waals surface area (Å²) in [5.74, 6) is -2.06. The summed E-state index contributed by atoms with van der Waals surface area (Å²) in [6.45, 7) is 12.6. The van der Waals surface area contributed by atoms with Gasteiger partial charge in [-0.25, -0.2) is 9.59 Å². The van der Waals surface area contributed by atoms with Crippen LogP contribution < -0.4 is 16.0 Å². The molecule has 3 N–H and O–H groups in total. The molecule has 182 valence electrons. The largest absolute Gasteiger partial charge is 0.464 e. The third-order valence-electron chi connectivity index (χ3n) is 5.66. The second kappa shape index (κ2) is 8.94. The minimum atomic E-state index is -1.06. The van der Waals surface area contributed by atoms with Gasteiger partial charge in [0.25, 0.3) is 11.8 Å². The van der Waals surface area contributed by atoms with Crippen LogP contribution in [-0.4, -0.2) is 48.8 Å². The number of amides is 3. The predicted octanol–water partition coefficient (Wildman–Crippen LogP) is 2.27. The fourth-order valence-electron chi connectivity index (χ4n) is 4.06. The number of carbonyl (C=O) groups excluding carboxylic acids is 4. The van der Waals surface area contributed by atoms with E-state index < -0.39 is 35.1 Å². The average molecular weight is 472 g/mol.